The van der Waals surface area contributed by atoms with Crippen LogP contribution in [0, 0.1) is 6.92 Å². The van der Waals surface area contributed by atoms with Crippen LogP contribution in [0.2, 0.25) is 0 Å². The van der Waals surface area contributed by atoms with Gasteiger partial charge in [0, 0.05) is 17.8 Å². The summed E-state index contributed by atoms with van der Waals surface area (Å²) in [4.78, 5) is 16.0. The Kier molecular flexibility index (Phi) is 3.82. The number of aromatic nitrogens is 6. The number of rotatable bonds is 3. The summed E-state index contributed by atoms with van der Waals surface area (Å²) in [6, 6.07) is 2.21. The largest absolute Gasteiger partial charge is 0.397 e. The molecule has 0 spiro atoms. The lowest BCUT2D eigenvalue weighted by Gasteiger charge is -2.40. The Morgan fingerprint density at radius 3 is 2.77 bits per heavy atom. The second-order valence-corrected chi connectivity index (χ2v) is 6.75. The monoisotopic (exact) mass is 350 g/mol. The van der Waals surface area contributed by atoms with Crippen LogP contribution < -0.4 is 10.6 Å². The van der Waals surface area contributed by atoms with Crippen molar-refractivity contribution >= 4 is 11.5 Å². The van der Waals surface area contributed by atoms with E-state index < -0.39 is 0 Å². The minimum absolute atomic E-state index is 0.113. The third kappa shape index (κ3) is 2.33. The predicted octanol–water partition coefficient (Wildman–Crippen LogP) is 2.69. The van der Waals surface area contributed by atoms with Gasteiger partial charge in [-0.2, -0.15) is 0 Å². The molecule has 0 saturated carbocycles. The Balaban J connectivity index is 2.00. The summed E-state index contributed by atoms with van der Waals surface area (Å²) in [5.41, 5.74) is 9.25. The molecule has 0 amide bonds. The molecule has 134 valence electrons. The van der Waals surface area contributed by atoms with Crippen LogP contribution in [0.3, 0.4) is 0 Å². The molecule has 8 nitrogen and oxygen atoms in total. The average Bonchev–Trinajstić information content (AvgIpc) is 3.09. The molecule has 1 atom stereocenters. The van der Waals surface area contributed by atoms with Crippen molar-refractivity contribution < 1.29 is 0 Å². The topological polar surface area (TPSA) is 98.6 Å². The minimum Gasteiger partial charge on any atom is -0.397 e. The van der Waals surface area contributed by atoms with Gasteiger partial charge >= 0.3 is 0 Å². The first-order valence-corrected chi connectivity index (χ1v) is 8.80. The molecule has 1 aliphatic rings. The predicted molar refractivity (Wildman–Crippen MR) is 100.0 cm³/mol. The fourth-order valence-corrected chi connectivity index (χ4v) is 3.64. The summed E-state index contributed by atoms with van der Waals surface area (Å²) >= 11 is 0. The Hall–Kier alpha value is -3.03. The third-order valence-electron chi connectivity index (χ3n) is 4.77. The van der Waals surface area contributed by atoms with Gasteiger partial charge in [-0.15, -0.1) is 10.2 Å². The van der Waals surface area contributed by atoms with Gasteiger partial charge in [-0.05, 0) is 33.3 Å². The Labute approximate surface area is 152 Å². The molecule has 0 unspecified atom stereocenters. The summed E-state index contributed by atoms with van der Waals surface area (Å²) in [7, 11) is 0. The van der Waals surface area contributed by atoms with Crippen LogP contribution in [0.25, 0.3) is 17.1 Å². The van der Waals surface area contributed by atoms with E-state index >= 15 is 0 Å². The molecular formula is C18H22N8. The van der Waals surface area contributed by atoms with Crippen molar-refractivity contribution in [3.63, 3.8) is 0 Å². The molecule has 4 rings (SSSR count). The number of pyridine rings is 1. The Morgan fingerprint density at radius 2 is 2.08 bits per heavy atom. The molecule has 4 heterocycles. The zero-order valence-electron chi connectivity index (χ0n) is 15.4. The lowest BCUT2D eigenvalue weighted by Crippen LogP contribution is -2.40. The van der Waals surface area contributed by atoms with Crippen LogP contribution in [0.15, 0.2) is 24.8 Å². The van der Waals surface area contributed by atoms with Crippen LogP contribution in [0.1, 0.15) is 44.8 Å². The van der Waals surface area contributed by atoms with Gasteiger partial charge in [0.25, 0.3) is 0 Å². The number of nitrogens with two attached hydrogens (primary N) is 1. The molecular weight excluding hydrogens is 328 g/mol. The molecule has 1 aliphatic heterocycles. The first kappa shape index (κ1) is 16.4. The van der Waals surface area contributed by atoms with Crippen LogP contribution in [-0.2, 0) is 0 Å². The van der Waals surface area contributed by atoms with E-state index in [1.54, 1.807) is 18.7 Å². The lowest BCUT2D eigenvalue weighted by molar-refractivity contribution is 0.497. The molecule has 0 radical (unpaired) electrons. The maximum absolute atomic E-state index is 6.11. The van der Waals surface area contributed by atoms with E-state index in [2.05, 4.69) is 40.9 Å². The second-order valence-electron chi connectivity index (χ2n) is 6.75. The highest BCUT2D eigenvalue weighted by molar-refractivity contribution is 5.74. The fourth-order valence-electron chi connectivity index (χ4n) is 3.64. The van der Waals surface area contributed by atoms with Gasteiger partial charge in [-0.1, -0.05) is 6.92 Å². The van der Waals surface area contributed by atoms with E-state index in [9.17, 15) is 0 Å². The number of nitrogen functional groups attached to an aromatic ring is 1. The van der Waals surface area contributed by atoms with Crippen LogP contribution >= 0.6 is 0 Å². The van der Waals surface area contributed by atoms with Gasteiger partial charge < -0.3 is 10.6 Å². The molecule has 0 aliphatic carbocycles. The number of hydrogen-bond donors (Lipinski definition) is 1. The van der Waals surface area contributed by atoms with Gasteiger partial charge in [0.15, 0.2) is 17.5 Å². The molecule has 26 heavy (non-hydrogen) atoms. The highest BCUT2D eigenvalue weighted by Crippen LogP contribution is 2.41. The summed E-state index contributed by atoms with van der Waals surface area (Å²) < 4.78 is 2.01. The number of hydrogen-bond acceptors (Lipinski definition) is 7. The average molecular weight is 350 g/mol. The standard InChI is InChI=1S/C18H22N8/c1-5-14-17-24-21-9-25(17)15-11(4)22-16(12-6-7-20-8-13(12)19)23-18(15)26(14)10(2)3/h6-10,14H,5,19H2,1-4H3/t14-/m1/s1. The van der Waals surface area contributed by atoms with Gasteiger partial charge in [-0.25, -0.2) is 9.97 Å². The third-order valence-corrected chi connectivity index (χ3v) is 4.77. The van der Waals surface area contributed by atoms with Crippen LogP contribution in [0.5, 0.6) is 0 Å². The normalized spacial score (nSPS) is 15.9. The Morgan fingerprint density at radius 1 is 1.27 bits per heavy atom. The molecule has 3 aromatic heterocycles. The number of nitrogens with zero attached hydrogens (tertiary/aromatic N) is 7. The molecule has 8 heteroatoms. The van der Waals surface area contributed by atoms with E-state index in [-0.39, 0.29) is 12.1 Å². The second kappa shape index (κ2) is 6.05. The first-order chi connectivity index (χ1) is 12.5. The van der Waals surface area contributed by atoms with Crippen molar-refractivity contribution in [1.82, 2.24) is 29.7 Å². The highest BCUT2D eigenvalue weighted by atomic mass is 15.4. The SMILES string of the molecule is CC[C@@H]1c2nncn2-c2c(C)nc(-c3ccncc3N)nc2N1C(C)C. The maximum atomic E-state index is 6.11. The van der Waals surface area contributed by atoms with Crippen molar-refractivity contribution in [2.24, 2.45) is 0 Å². The molecule has 0 bridgehead atoms. The van der Waals surface area contributed by atoms with Gasteiger partial charge in [0.05, 0.1) is 23.6 Å². The molecule has 3 aromatic rings. The van der Waals surface area contributed by atoms with Gasteiger partial charge in [-0.3, -0.25) is 9.55 Å². The van der Waals surface area contributed by atoms with E-state index in [1.807, 2.05) is 17.6 Å². The zero-order chi connectivity index (χ0) is 18.4. The zero-order valence-corrected chi connectivity index (χ0v) is 15.4. The summed E-state index contributed by atoms with van der Waals surface area (Å²) in [5, 5.41) is 8.50. The molecule has 0 fully saturated rings. The summed E-state index contributed by atoms with van der Waals surface area (Å²) in [6.07, 6.45) is 5.98. The maximum Gasteiger partial charge on any atom is 0.164 e. The van der Waals surface area contributed by atoms with E-state index in [0.717, 1.165) is 35.0 Å². The number of anilines is 2. The quantitative estimate of drug-likeness (QED) is 0.775. The van der Waals surface area contributed by atoms with Crippen LogP contribution in [-0.4, -0.2) is 35.8 Å². The lowest BCUT2D eigenvalue weighted by atomic mass is 10.1. The van der Waals surface area contributed by atoms with E-state index in [1.165, 1.54) is 0 Å². The fraction of sp³-hybridized carbons (Fsp3) is 0.389. The van der Waals surface area contributed by atoms with Crippen LogP contribution in [0.4, 0.5) is 11.5 Å². The first-order valence-electron chi connectivity index (χ1n) is 8.80. The minimum atomic E-state index is 0.113. The van der Waals surface area contributed by atoms with Crippen molar-refractivity contribution in [2.45, 2.75) is 46.2 Å². The number of fused-ring (bicyclic) bond motifs is 3. The van der Waals surface area contributed by atoms with Crippen molar-refractivity contribution in [2.75, 3.05) is 10.6 Å². The van der Waals surface area contributed by atoms with E-state index in [0.29, 0.717) is 11.5 Å². The smallest absolute Gasteiger partial charge is 0.164 e. The molecule has 0 saturated heterocycles. The van der Waals surface area contributed by atoms with Gasteiger partial charge in [0.2, 0.25) is 0 Å². The van der Waals surface area contributed by atoms with Crippen molar-refractivity contribution in [3.05, 3.63) is 36.3 Å². The van der Waals surface area contributed by atoms with E-state index in [4.69, 9.17) is 15.7 Å². The van der Waals surface area contributed by atoms with Crippen molar-refractivity contribution in [3.8, 4) is 17.1 Å². The van der Waals surface area contributed by atoms with Gasteiger partial charge in [0.1, 0.15) is 12.0 Å². The summed E-state index contributed by atoms with van der Waals surface area (Å²) in [5.74, 6) is 2.42. The molecule has 0 aromatic carbocycles. The van der Waals surface area contributed by atoms with Crippen molar-refractivity contribution in [1.29, 1.82) is 0 Å². The molecule has 2 N–H and O–H groups in total. The highest BCUT2D eigenvalue weighted by Gasteiger charge is 2.36. The Bertz CT molecular complexity index is 962. The summed E-state index contributed by atoms with van der Waals surface area (Å²) in [6.45, 7) is 8.46. The number of aryl methyl sites for hydroxylation is 1.